The van der Waals surface area contributed by atoms with Crippen molar-refractivity contribution in [3.05, 3.63) is 29.6 Å². The predicted molar refractivity (Wildman–Crippen MR) is 50.6 cm³/mol. The van der Waals surface area contributed by atoms with Gasteiger partial charge in [0.25, 0.3) is 0 Å². The summed E-state index contributed by atoms with van der Waals surface area (Å²) >= 11 is 0. The molecule has 2 nitrogen and oxygen atoms in total. The van der Waals surface area contributed by atoms with Gasteiger partial charge in [-0.2, -0.15) is 13.2 Å². The van der Waals surface area contributed by atoms with Crippen molar-refractivity contribution in [2.24, 2.45) is 0 Å². The minimum Gasteiger partial charge on any atom is -0.378 e. The molecular formula is C10H9F4NO. The van der Waals surface area contributed by atoms with Crippen LogP contribution in [-0.2, 0) is 11.0 Å². The first-order chi connectivity index (χ1) is 7.29. The summed E-state index contributed by atoms with van der Waals surface area (Å²) in [5.41, 5.74) is -1.15. The Balaban J connectivity index is 2.94. The Hall–Kier alpha value is -1.59. The first-order valence-corrected chi connectivity index (χ1v) is 4.40. The molecule has 0 saturated heterocycles. The van der Waals surface area contributed by atoms with Crippen molar-refractivity contribution in [1.82, 2.24) is 0 Å². The number of rotatable bonds is 3. The summed E-state index contributed by atoms with van der Waals surface area (Å²) in [5, 5.41) is 2.41. The van der Waals surface area contributed by atoms with Crippen LogP contribution < -0.4 is 5.32 Å². The van der Waals surface area contributed by atoms with Gasteiger partial charge < -0.3 is 5.32 Å². The average molecular weight is 235 g/mol. The van der Waals surface area contributed by atoms with Crippen molar-refractivity contribution >= 4 is 11.5 Å². The van der Waals surface area contributed by atoms with E-state index in [2.05, 4.69) is 5.32 Å². The highest BCUT2D eigenvalue weighted by molar-refractivity contribution is 5.80. The number of hydrogen-bond donors (Lipinski definition) is 1. The fourth-order valence-electron chi connectivity index (χ4n) is 1.08. The third-order valence-electron chi connectivity index (χ3n) is 1.77. The first kappa shape index (κ1) is 12.5. The van der Waals surface area contributed by atoms with Crippen LogP contribution in [0.25, 0.3) is 0 Å². The third kappa shape index (κ3) is 3.52. The lowest BCUT2D eigenvalue weighted by Gasteiger charge is -2.10. The molecule has 16 heavy (non-hydrogen) atoms. The second-order valence-corrected chi connectivity index (χ2v) is 3.28. The van der Waals surface area contributed by atoms with Crippen LogP contribution in [0, 0.1) is 5.82 Å². The highest BCUT2D eigenvalue weighted by Gasteiger charge is 2.31. The maximum atomic E-state index is 12.9. The number of carbonyl (C=O) groups excluding carboxylic acids is 1. The monoisotopic (exact) mass is 235 g/mol. The lowest BCUT2D eigenvalue weighted by atomic mass is 10.2. The Kier molecular flexibility index (Phi) is 3.51. The zero-order valence-corrected chi connectivity index (χ0v) is 8.36. The molecule has 0 bridgehead atoms. The predicted octanol–water partition coefficient (Wildman–Crippen LogP) is 2.85. The quantitative estimate of drug-likeness (QED) is 0.816. The summed E-state index contributed by atoms with van der Waals surface area (Å²) < 4.78 is 49.7. The molecule has 88 valence electrons. The van der Waals surface area contributed by atoms with Gasteiger partial charge in [0.15, 0.2) is 0 Å². The van der Waals surface area contributed by atoms with Crippen LogP contribution in [0.15, 0.2) is 18.2 Å². The molecule has 0 heterocycles. The summed E-state index contributed by atoms with van der Waals surface area (Å²) in [6.45, 7) is 1.14. The Morgan fingerprint density at radius 1 is 1.31 bits per heavy atom. The number of benzene rings is 1. The van der Waals surface area contributed by atoms with Crippen molar-refractivity contribution in [1.29, 1.82) is 0 Å². The maximum Gasteiger partial charge on any atom is 0.416 e. The van der Waals surface area contributed by atoms with Gasteiger partial charge in [0, 0.05) is 5.69 Å². The fourth-order valence-corrected chi connectivity index (χ4v) is 1.08. The fraction of sp³-hybridized carbons (Fsp3) is 0.300. The van der Waals surface area contributed by atoms with Gasteiger partial charge in [0.1, 0.15) is 11.6 Å². The largest absolute Gasteiger partial charge is 0.416 e. The van der Waals surface area contributed by atoms with Gasteiger partial charge in [-0.05, 0) is 25.1 Å². The second-order valence-electron chi connectivity index (χ2n) is 3.28. The smallest absolute Gasteiger partial charge is 0.378 e. The van der Waals surface area contributed by atoms with Crippen LogP contribution in [0.2, 0.25) is 0 Å². The van der Waals surface area contributed by atoms with Crippen LogP contribution in [0.3, 0.4) is 0 Å². The number of ketones is 1. The zero-order valence-electron chi connectivity index (χ0n) is 8.36. The number of nitrogens with one attached hydrogen (secondary N) is 1. The van der Waals surface area contributed by atoms with Gasteiger partial charge in [0.05, 0.1) is 12.1 Å². The average Bonchev–Trinajstić information content (AvgIpc) is 2.12. The molecule has 0 spiro atoms. The summed E-state index contributed by atoms with van der Waals surface area (Å²) in [7, 11) is 0. The molecule has 0 atom stereocenters. The summed E-state index contributed by atoms with van der Waals surface area (Å²) in [4.78, 5) is 10.6. The Morgan fingerprint density at radius 2 is 1.94 bits per heavy atom. The molecule has 0 radical (unpaired) electrons. The van der Waals surface area contributed by atoms with E-state index in [9.17, 15) is 22.4 Å². The van der Waals surface area contributed by atoms with Crippen LogP contribution >= 0.6 is 0 Å². The molecule has 0 fully saturated rings. The number of carbonyl (C=O) groups is 1. The number of alkyl halides is 3. The molecule has 0 aliphatic heterocycles. The van der Waals surface area contributed by atoms with E-state index in [1.54, 1.807) is 0 Å². The van der Waals surface area contributed by atoms with E-state index in [-0.39, 0.29) is 18.0 Å². The SMILES string of the molecule is CC(=O)CNc1cc(F)cc(C(F)(F)F)c1. The van der Waals surface area contributed by atoms with Gasteiger partial charge in [0.2, 0.25) is 0 Å². The molecule has 0 amide bonds. The molecule has 1 rings (SSSR count). The molecule has 0 aromatic heterocycles. The Labute approximate surface area is 89.3 Å². The van der Waals surface area contributed by atoms with Crippen LogP contribution in [0.5, 0.6) is 0 Å². The van der Waals surface area contributed by atoms with Crippen molar-refractivity contribution < 1.29 is 22.4 Å². The lowest BCUT2D eigenvalue weighted by molar-refractivity contribution is -0.137. The van der Waals surface area contributed by atoms with Crippen molar-refractivity contribution in [2.45, 2.75) is 13.1 Å². The molecule has 6 heteroatoms. The van der Waals surface area contributed by atoms with Crippen molar-refractivity contribution in [3.8, 4) is 0 Å². The van der Waals surface area contributed by atoms with Gasteiger partial charge in [-0.25, -0.2) is 4.39 Å². The summed E-state index contributed by atoms with van der Waals surface area (Å²) in [5.74, 6) is -1.25. The highest BCUT2D eigenvalue weighted by atomic mass is 19.4. The highest BCUT2D eigenvalue weighted by Crippen LogP contribution is 2.31. The molecule has 0 aliphatic carbocycles. The standard InChI is InChI=1S/C10H9F4NO/c1-6(16)5-15-9-3-7(10(12,13)14)2-8(11)4-9/h2-4,15H,5H2,1H3. The van der Waals surface area contributed by atoms with E-state index in [0.29, 0.717) is 6.07 Å². The van der Waals surface area contributed by atoms with Gasteiger partial charge in [-0.3, -0.25) is 4.79 Å². The van der Waals surface area contributed by atoms with E-state index < -0.39 is 17.6 Å². The normalized spacial score (nSPS) is 11.3. The lowest BCUT2D eigenvalue weighted by Crippen LogP contribution is -2.12. The molecular weight excluding hydrogens is 226 g/mol. The first-order valence-electron chi connectivity index (χ1n) is 4.40. The van der Waals surface area contributed by atoms with Crippen LogP contribution in [0.1, 0.15) is 12.5 Å². The number of hydrogen-bond acceptors (Lipinski definition) is 2. The third-order valence-corrected chi connectivity index (χ3v) is 1.77. The van der Waals surface area contributed by atoms with Crippen LogP contribution in [0.4, 0.5) is 23.2 Å². The summed E-state index contributed by atoms with van der Waals surface area (Å²) in [6, 6.07) is 2.06. The number of anilines is 1. The molecule has 0 unspecified atom stereocenters. The van der Waals surface area contributed by atoms with Crippen molar-refractivity contribution in [2.75, 3.05) is 11.9 Å². The second kappa shape index (κ2) is 4.51. The number of halogens is 4. The van der Waals surface area contributed by atoms with Gasteiger partial charge in [-0.15, -0.1) is 0 Å². The van der Waals surface area contributed by atoms with E-state index >= 15 is 0 Å². The van der Waals surface area contributed by atoms with E-state index in [1.807, 2.05) is 0 Å². The van der Waals surface area contributed by atoms with Crippen molar-refractivity contribution in [3.63, 3.8) is 0 Å². The minimum atomic E-state index is -4.60. The van der Waals surface area contributed by atoms with Gasteiger partial charge in [-0.1, -0.05) is 0 Å². The zero-order chi connectivity index (χ0) is 12.3. The molecule has 1 aromatic rings. The molecule has 0 saturated carbocycles. The van der Waals surface area contributed by atoms with E-state index in [4.69, 9.17) is 0 Å². The van der Waals surface area contributed by atoms with Crippen LogP contribution in [-0.4, -0.2) is 12.3 Å². The Morgan fingerprint density at radius 3 is 2.44 bits per heavy atom. The maximum absolute atomic E-state index is 12.9. The Bertz CT molecular complexity index is 400. The number of Topliss-reactive ketones (excluding diaryl/α,β-unsaturated/α-hetero) is 1. The van der Waals surface area contributed by atoms with Gasteiger partial charge >= 0.3 is 6.18 Å². The topological polar surface area (TPSA) is 29.1 Å². The molecule has 1 N–H and O–H groups in total. The van der Waals surface area contributed by atoms with E-state index in [0.717, 1.165) is 12.1 Å². The van der Waals surface area contributed by atoms with E-state index in [1.165, 1.54) is 6.92 Å². The molecule has 1 aromatic carbocycles. The summed E-state index contributed by atoms with van der Waals surface area (Å²) in [6.07, 6.45) is -4.60. The minimum absolute atomic E-state index is 0.0671. The molecule has 0 aliphatic rings.